The zero-order chi connectivity index (χ0) is 12.8. The van der Waals surface area contributed by atoms with Crippen molar-refractivity contribution in [2.45, 2.75) is 39.2 Å². The Morgan fingerprint density at radius 3 is 2.59 bits per heavy atom. The molecule has 1 rings (SSSR count). The van der Waals surface area contributed by atoms with Crippen LogP contribution in [0.5, 0.6) is 11.8 Å². The summed E-state index contributed by atoms with van der Waals surface area (Å²) in [6.45, 7) is 2.32. The van der Waals surface area contributed by atoms with Crippen LogP contribution in [0.3, 0.4) is 0 Å². The number of hydrogen-bond donors (Lipinski definition) is 3. The van der Waals surface area contributed by atoms with Crippen LogP contribution in [0.4, 0.5) is 0 Å². The Labute approximate surface area is 101 Å². The Balaban J connectivity index is 2.29. The second kappa shape index (κ2) is 6.18. The Kier molecular flexibility index (Phi) is 4.87. The Bertz CT molecular complexity index is 385. The van der Waals surface area contributed by atoms with Gasteiger partial charge in [0.15, 0.2) is 11.8 Å². The van der Waals surface area contributed by atoms with Gasteiger partial charge in [-0.2, -0.15) is 0 Å². The van der Waals surface area contributed by atoms with E-state index in [4.69, 9.17) is 0 Å². The van der Waals surface area contributed by atoms with Crippen molar-refractivity contribution in [2.75, 3.05) is 7.05 Å². The van der Waals surface area contributed by atoms with E-state index in [1.54, 1.807) is 20.0 Å². The van der Waals surface area contributed by atoms with Gasteiger partial charge in [0, 0.05) is 31.6 Å². The molecule has 96 valence electrons. The number of rotatable bonds is 6. The van der Waals surface area contributed by atoms with E-state index in [0.717, 1.165) is 19.3 Å². The van der Waals surface area contributed by atoms with Crippen LogP contribution < -0.4 is 5.32 Å². The fraction of sp³-hybridized carbons (Fsp3) is 0.583. The standard InChI is InChI=1S/C12H20N2O3/c1-9-8-11(16)14(12(9)17)7-5-3-4-6-10(15)13-2/h8,16-17H,3-7H2,1-2H3,(H,13,15). The van der Waals surface area contributed by atoms with Gasteiger partial charge in [-0.25, -0.2) is 0 Å². The van der Waals surface area contributed by atoms with E-state index in [-0.39, 0.29) is 17.7 Å². The summed E-state index contributed by atoms with van der Waals surface area (Å²) >= 11 is 0. The van der Waals surface area contributed by atoms with Gasteiger partial charge >= 0.3 is 0 Å². The molecule has 0 aliphatic heterocycles. The highest BCUT2D eigenvalue weighted by Gasteiger charge is 2.09. The molecule has 1 aromatic heterocycles. The van der Waals surface area contributed by atoms with Crippen molar-refractivity contribution in [3.63, 3.8) is 0 Å². The number of unbranched alkanes of at least 4 members (excludes halogenated alkanes) is 2. The molecule has 5 nitrogen and oxygen atoms in total. The molecule has 0 aromatic carbocycles. The predicted octanol–water partition coefficient (Wildman–Crippen LogP) is 1.51. The first kappa shape index (κ1) is 13.4. The number of amides is 1. The lowest BCUT2D eigenvalue weighted by molar-refractivity contribution is -0.120. The summed E-state index contributed by atoms with van der Waals surface area (Å²) in [5.41, 5.74) is 0.674. The largest absolute Gasteiger partial charge is 0.494 e. The van der Waals surface area contributed by atoms with Crippen LogP contribution in [-0.2, 0) is 11.3 Å². The second-order valence-corrected chi connectivity index (χ2v) is 4.14. The van der Waals surface area contributed by atoms with E-state index in [2.05, 4.69) is 5.32 Å². The first-order chi connectivity index (χ1) is 8.06. The summed E-state index contributed by atoms with van der Waals surface area (Å²) in [5.74, 6) is 0.257. The summed E-state index contributed by atoms with van der Waals surface area (Å²) in [7, 11) is 1.63. The number of hydrogen-bond acceptors (Lipinski definition) is 3. The van der Waals surface area contributed by atoms with Crippen molar-refractivity contribution in [3.05, 3.63) is 11.6 Å². The van der Waals surface area contributed by atoms with E-state index < -0.39 is 0 Å². The minimum absolute atomic E-state index is 0.0486. The molecular formula is C12H20N2O3. The average molecular weight is 240 g/mol. The highest BCUT2D eigenvalue weighted by molar-refractivity contribution is 5.75. The maximum atomic E-state index is 11.0. The number of carbonyl (C=O) groups is 1. The van der Waals surface area contributed by atoms with Crippen LogP contribution in [0.15, 0.2) is 6.07 Å². The average Bonchev–Trinajstić information content (AvgIpc) is 2.54. The summed E-state index contributed by atoms with van der Waals surface area (Å²) in [6.07, 6.45) is 3.07. The van der Waals surface area contributed by atoms with Crippen molar-refractivity contribution >= 4 is 5.91 Å². The molecule has 0 unspecified atom stereocenters. The maximum absolute atomic E-state index is 11.0. The molecule has 1 aromatic rings. The fourth-order valence-electron chi connectivity index (χ4n) is 1.74. The van der Waals surface area contributed by atoms with Crippen LogP contribution in [0.2, 0.25) is 0 Å². The molecule has 0 saturated heterocycles. The zero-order valence-corrected chi connectivity index (χ0v) is 10.4. The molecule has 0 fully saturated rings. The first-order valence-corrected chi connectivity index (χ1v) is 5.85. The lowest BCUT2D eigenvalue weighted by Crippen LogP contribution is -2.16. The van der Waals surface area contributed by atoms with Crippen molar-refractivity contribution < 1.29 is 15.0 Å². The molecule has 0 aliphatic rings. The van der Waals surface area contributed by atoms with Crippen molar-refractivity contribution in [1.29, 1.82) is 0 Å². The first-order valence-electron chi connectivity index (χ1n) is 5.85. The third-order valence-corrected chi connectivity index (χ3v) is 2.79. The quantitative estimate of drug-likeness (QED) is 0.660. The highest BCUT2D eigenvalue weighted by Crippen LogP contribution is 2.26. The number of carbonyl (C=O) groups excluding carboxylic acids is 1. The molecule has 3 N–H and O–H groups in total. The number of aryl methyl sites for hydroxylation is 1. The van der Waals surface area contributed by atoms with Gasteiger partial charge in [-0.1, -0.05) is 6.42 Å². The molecule has 1 amide bonds. The monoisotopic (exact) mass is 240 g/mol. The van der Waals surface area contributed by atoms with Crippen molar-refractivity contribution in [1.82, 2.24) is 9.88 Å². The van der Waals surface area contributed by atoms with E-state index in [9.17, 15) is 15.0 Å². The molecule has 0 spiro atoms. The minimum Gasteiger partial charge on any atom is -0.494 e. The lowest BCUT2D eigenvalue weighted by atomic mass is 10.2. The van der Waals surface area contributed by atoms with Crippen molar-refractivity contribution in [2.24, 2.45) is 0 Å². The zero-order valence-electron chi connectivity index (χ0n) is 10.4. The topological polar surface area (TPSA) is 74.5 Å². The van der Waals surface area contributed by atoms with Gasteiger partial charge in [-0.15, -0.1) is 0 Å². The van der Waals surface area contributed by atoms with E-state index in [0.29, 0.717) is 18.5 Å². The number of aromatic nitrogens is 1. The van der Waals surface area contributed by atoms with Gasteiger partial charge in [0.1, 0.15) is 0 Å². The number of nitrogens with zero attached hydrogens (tertiary/aromatic N) is 1. The van der Waals surface area contributed by atoms with Crippen LogP contribution in [0, 0.1) is 6.92 Å². The molecule has 0 bridgehead atoms. The molecule has 0 atom stereocenters. The van der Waals surface area contributed by atoms with E-state index >= 15 is 0 Å². The summed E-state index contributed by atoms with van der Waals surface area (Å²) < 4.78 is 1.48. The summed E-state index contributed by atoms with van der Waals surface area (Å²) in [5, 5.41) is 21.7. The van der Waals surface area contributed by atoms with Crippen LogP contribution in [-0.4, -0.2) is 27.7 Å². The summed E-state index contributed by atoms with van der Waals surface area (Å²) in [6, 6.07) is 1.54. The minimum atomic E-state index is 0.0486. The van der Waals surface area contributed by atoms with Crippen molar-refractivity contribution in [3.8, 4) is 11.8 Å². The van der Waals surface area contributed by atoms with Crippen LogP contribution >= 0.6 is 0 Å². The molecule has 1 heterocycles. The van der Waals surface area contributed by atoms with Gasteiger partial charge in [-0.05, 0) is 19.8 Å². The SMILES string of the molecule is CNC(=O)CCCCCn1c(O)cc(C)c1O. The van der Waals surface area contributed by atoms with E-state index in [1.807, 2.05) is 0 Å². The molecule has 17 heavy (non-hydrogen) atoms. The second-order valence-electron chi connectivity index (χ2n) is 4.14. The highest BCUT2D eigenvalue weighted by atomic mass is 16.3. The van der Waals surface area contributed by atoms with Gasteiger partial charge < -0.3 is 15.5 Å². The molecular weight excluding hydrogens is 220 g/mol. The third kappa shape index (κ3) is 3.69. The number of aromatic hydroxyl groups is 2. The van der Waals surface area contributed by atoms with Crippen LogP contribution in [0.1, 0.15) is 31.2 Å². The Morgan fingerprint density at radius 2 is 2.06 bits per heavy atom. The number of nitrogens with one attached hydrogen (secondary N) is 1. The van der Waals surface area contributed by atoms with Gasteiger partial charge in [0.2, 0.25) is 5.91 Å². The molecule has 0 radical (unpaired) electrons. The smallest absolute Gasteiger partial charge is 0.219 e. The van der Waals surface area contributed by atoms with Gasteiger partial charge in [0.25, 0.3) is 0 Å². The predicted molar refractivity (Wildman–Crippen MR) is 65.0 cm³/mol. The Morgan fingerprint density at radius 1 is 1.35 bits per heavy atom. The summed E-state index contributed by atoms with van der Waals surface area (Å²) in [4.78, 5) is 11.0. The van der Waals surface area contributed by atoms with E-state index in [1.165, 1.54) is 4.57 Å². The molecule has 0 saturated carbocycles. The van der Waals surface area contributed by atoms with Gasteiger partial charge in [0.05, 0.1) is 0 Å². The lowest BCUT2D eigenvalue weighted by Gasteiger charge is -2.06. The molecule has 0 aliphatic carbocycles. The molecule has 5 heteroatoms. The Hall–Kier alpha value is -1.65. The van der Waals surface area contributed by atoms with Crippen LogP contribution in [0.25, 0.3) is 0 Å². The van der Waals surface area contributed by atoms with Gasteiger partial charge in [-0.3, -0.25) is 9.36 Å². The normalized spacial score (nSPS) is 10.5. The fourth-order valence-corrected chi connectivity index (χ4v) is 1.74. The maximum Gasteiger partial charge on any atom is 0.219 e. The third-order valence-electron chi connectivity index (χ3n) is 2.79.